The van der Waals surface area contributed by atoms with Crippen LogP contribution < -0.4 is 5.32 Å². The van der Waals surface area contributed by atoms with E-state index in [0.29, 0.717) is 12.6 Å². The number of carboxylic acid groups (broad SMARTS) is 1. The third-order valence-electron chi connectivity index (χ3n) is 5.27. The molecule has 1 fully saturated rings. The molecule has 0 aliphatic carbocycles. The molecule has 2 heterocycles. The van der Waals surface area contributed by atoms with Gasteiger partial charge in [-0.05, 0) is 86.6 Å². The second-order valence-electron chi connectivity index (χ2n) is 11.6. The normalized spacial score (nSPS) is 20.0. The van der Waals surface area contributed by atoms with Gasteiger partial charge in [0.15, 0.2) is 0 Å². The number of rotatable bonds is 4. The molecule has 1 saturated heterocycles. The van der Waals surface area contributed by atoms with E-state index in [1.54, 1.807) is 41.5 Å². The Balaban J connectivity index is 0.000000312. The second kappa shape index (κ2) is 16.0. The van der Waals surface area contributed by atoms with E-state index in [4.69, 9.17) is 19.3 Å². The standard InChI is InChI=1S/C13H15NO2.C10H18O5.C6H11NO2/c1-10-7-8-12(14-10)13(15)16-9-11-5-3-2-4-6-11;1-9(2,3)14-7(11)13-8(12)15-10(4,5)6;1-4-2-3-5(7-4)6(8)9/h2-6,12H,7-9H2,1H3;1-6H3;4-5,7H,2-3H2,1H3,(H,8,9)/t12-;;4-,5-/m0.0/s1. The lowest BCUT2D eigenvalue weighted by Crippen LogP contribution is -2.33. The molecule has 0 amide bonds. The molecule has 0 saturated carbocycles. The minimum Gasteiger partial charge on any atom is -0.480 e. The molecule has 0 aromatic heterocycles. The smallest absolute Gasteiger partial charge is 0.480 e. The van der Waals surface area contributed by atoms with Gasteiger partial charge in [0.05, 0.1) is 0 Å². The lowest BCUT2D eigenvalue weighted by molar-refractivity contribution is -0.146. The van der Waals surface area contributed by atoms with E-state index in [1.807, 2.05) is 44.2 Å². The van der Waals surface area contributed by atoms with Gasteiger partial charge in [0.25, 0.3) is 0 Å². The van der Waals surface area contributed by atoms with Crippen molar-refractivity contribution in [3.05, 3.63) is 35.9 Å². The average molecular weight is 565 g/mol. The molecule has 224 valence electrons. The predicted octanol–water partition coefficient (Wildman–Crippen LogP) is 5.44. The maximum atomic E-state index is 11.6. The van der Waals surface area contributed by atoms with Crippen LogP contribution in [0, 0.1) is 0 Å². The van der Waals surface area contributed by atoms with Crippen LogP contribution in [0.2, 0.25) is 0 Å². The van der Waals surface area contributed by atoms with Crippen LogP contribution in [0.4, 0.5) is 9.59 Å². The summed E-state index contributed by atoms with van der Waals surface area (Å²) in [5.41, 5.74) is 0.661. The highest BCUT2D eigenvalue weighted by Gasteiger charge is 2.26. The first kappa shape index (κ1) is 34.6. The van der Waals surface area contributed by atoms with E-state index in [-0.39, 0.29) is 18.1 Å². The monoisotopic (exact) mass is 564 g/mol. The first-order valence-electron chi connectivity index (χ1n) is 13.3. The van der Waals surface area contributed by atoms with Crippen LogP contribution in [0.5, 0.6) is 0 Å². The Morgan fingerprint density at radius 1 is 0.925 bits per heavy atom. The van der Waals surface area contributed by atoms with Crippen LogP contribution >= 0.6 is 0 Å². The summed E-state index contributed by atoms with van der Waals surface area (Å²) in [6.45, 7) is 14.3. The molecule has 3 rings (SSSR count). The molecule has 1 aromatic rings. The third-order valence-corrected chi connectivity index (χ3v) is 5.27. The summed E-state index contributed by atoms with van der Waals surface area (Å²) in [5, 5.41) is 11.4. The molecule has 0 unspecified atom stereocenters. The number of nitrogens with zero attached hydrogens (tertiary/aromatic N) is 1. The van der Waals surface area contributed by atoms with Gasteiger partial charge in [-0.25, -0.2) is 14.4 Å². The van der Waals surface area contributed by atoms with Crippen molar-refractivity contribution < 1.29 is 43.2 Å². The Kier molecular flexibility index (Phi) is 13.8. The van der Waals surface area contributed by atoms with Gasteiger partial charge in [0, 0.05) is 11.8 Å². The van der Waals surface area contributed by atoms with E-state index in [9.17, 15) is 19.2 Å². The minimum atomic E-state index is -1.06. The van der Waals surface area contributed by atoms with Crippen molar-refractivity contribution >= 4 is 30.0 Å². The topological polar surface area (TPSA) is 150 Å². The first-order chi connectivity index (χ1) is 18.4. The van der Waals surface area contributed by atoms with Crippen molar-refractivity contribution in [2.75, 3.05) is 0 Å². The number of hydrogen-bond donors (Lipinski definition) is 2. The number of aliphatic imine (C=N–C) groups is 1. The Hall–Kier alpha value is -3.47. The number of esters is 1. The molecule has 0 radical (unpaired) electrons. The quantitative estimate of drug-likeness (QED) is 0.275. The Bertz CT molecular complexity index is 985. The molecule has 0 spiro atoms. The molecule has 11 heteroatoms. The molecule has 0 bridgehead atoms. The van der Waals surface area contributed by atoms with Crippen molar-refractivity contribution in [3.8, 4) is 0 Å². The van der Waals surface area contributed by atoms with Crippen LogP contribution in [0.25, 0.3) is 0 Å². The summed E-state index contributed by atoms with van der Waals surface area (Å²) >= 11 is 0. The van der Waals surface area contributed by atoms with Crippen LogP contribution in [0.3, 0.4) is 0 Å². The number of benzene rings is 1. The van der Waals surface area contributed by atoms with Crippen LogP contribution in [0.15, 0.2) is 35.3 Å². The zero-order chi connectivity index (χ0) is 30.5. The molecule has 2 aliphatic heterocycles. The van der Waals surface area contributed by atoms with Gasteiger partial charge in [0.1, 0.15) is 29.9 Å². The molecular weight excluding hydrogens is 520 g/mol. The maximum absolute atomic E-state index is 11.6. The van der Waals surface area contributed by atoms with Crippen molar-refractivity contribution in [2.24, 2.45) is 4.99 Å². The number of hydrogen-bond acceptors (Lipinski definition) is 10. The fourth-order valence-corrected chi connectivity index (χ4v) is 3.47. The molecule has 40 heavy (non-hydrogen) atoms. The number of carbonyl (C=O) groups is 4. The fraction of sp³-hybridized carbons (Fsp3) is 0.621. The predicted molar refractivity (Wildman–Crippen MR) is 149 cm³/mol. The number of nitrogens with one attached hydrogen (secondary N) is 1. The Morgan fingerprint density at radius 3 is 1.85 bits per heavy atom. The van der Waals surface area contributed by atoms with Crippen molar-refractivity contribution in [3.63, 3.8) is 0 Å². The highest BCUT2D eigenvalue weighted by Crippen LogP contribution is 2.15. The second-order valence-corrected chi connectivity index (χ2v) is 11.6. The fourth-order valence-electron chi connectivity index (χ4n) is 3.47. The van der Waals surface area contributed by atoms with Crippen LogP contribution in [-0.2, 0) is 35.1 Å². The number of carbonyl (C=O) groups excluding carboxylic acids is 3. The highest BCUT2D eigenvalue weighted by atomic mass is 16.8. The SMILES string of the molecule is CC(C)(C)OC(=O)OC(=O)OC(C)(C)C.CC1=N[C@H](C(=O)OCc2ccccc2)CC1.C[C@H]1CC[C@@H](C(=O)O)N1. The maximum Gasteiger partial charge on any atom is 0.519 e. The molecule has 3 atom stereocenters. The van der Waals surface area contributed by atoms with E-state index in [2.05, 4.69) is 15.0 Å². The summed E-state index contributed by atoms with van der Waals surface area (Å²) in [6.07, 6.45) is 1.34. The summed E-state index contributed by atoms with van der Waals surface area (Å²) in [6, 6.07) is 9.50. The van der Waals surface area contributed by atoms with E-state index >= 15 is 0 Å². The zero-order valence-corrected chi connectivity index (χ0v) is 24.8. The average Bonchev–Trinajstić information content (AvgIpc) is 3.45. The summed E-state index contributed by atoms with van der Waals surface area (Å²) in [7, 11) is 0. The summed E-state index contributed by atoms with van der Waals surface area (Å²) < 4.78 is 19.0. The lowest BCUT2D eigenvalue weighted by atomic mass is 10.2. The number of carboxylic acids is 1. The largest absolute Gasteiger partial charge is 0.519 e. The molecule has 11 nitrogen and oxygen atoms in total. The number of ether oxygens (including phenoxy) is 4. The Labute approximate surface area is 236 Å². The first-order valence-corrected chi connectivity index (χ1v) is 13.3. The minimum absolute atomic E-state index is 0.208. The van der Waals surface area contributed by atoms with Gasteiger partial charge >= 0.3 is 24.2 Å². The van der Waals surface area contributed by atoms with Gasteiger partial charge in [-0.1, -0.05) is 30.3 Å². The number of aliphatic carboxylic acids is 1. The Morgan fingerprint density at radius 2 is 1.48 bits per heavy atom. The molecule has 2 aliphatic rings. The van der Waals surface area contributed by atoms with Crippen molar-refractivity contribution in [1.29, 1.82) is 0 Å². The molecule has 2 N–H and O–H groups in total. The van der Waals surface area contributed by atoms with Gasteiger partial charge in [-0.2, -0.15) is 0 Å². The molecule has 1 aromatic carbocycles. The van der Waals surface area contributed by atoms with Gasteiger partial charge < -0.3 is 29.4 Å². The highest BCUT2D eigenvalue weighted by molar-refractivity contribution is 5.89. The van der Waals surface area contributed by atoms with E-state index in [1.165, 1.54) is 0 Å². The molecular formula is C29H44N2O9. The van der Waals surface area contributed by atoms with Crippen LogP contribution in [0.1, 0.15) is 86.6 Å². The zero-order valence-electron chi connectivity index (χ0n) is 24.8. The lowest BCUT2D eigenvalue weighted by Gasteiger charge is -2.20. The van der Waals surface area contributed by atoms with Crippen LogP contribution in [-0.4, -0.2) is 64.4 Å². The van der Waals surface area contributed by atoms with E-state index < -0.39 is 29.5 Å². The summed E-state index contributed by atoms with van der Waals surface area (Å²) in [5.74, 6) is -0.931. The van der Waals surface area contributed by atoms with Gasteiger partial charge in [0.2, 0.25) is 0 Å². The van der Waals surface area contributed by atoms with Gasteiger partial charge in [-0.3, -0.25) is 9.79 Å². The van der Waals surface area contributed by atoms with E-state index in [0.717, 1.165) is 37.0 Å². The summed E-state index contributed by atoms with van der Waals surface area (Å²) in [4.78, 5) is 48.2. The van der Waals surface area contributed by atoms with Gasteiger partial charge in [-0.15, -0.1) is 0 Å². The van der Waals surface area contributed by atoms with Crippen molar-refractivity contribution in [2.45, 2.75) is 117 Å². The van der Waals surface area contributed by atoms with Crippen molar-refractivity contribution in [1.82, 2.24) is 5.32 Å². The third kappa shape index (κ3) is 15.8.